The van der Waals surface area contributed by atoms with E-state index in [-0.39, 0.29) is 0 Å². The number of fused-ring (bicyclic) bond motifs is 1. The number of esters is 1. The highest BCUT2D eigenvalue weighted by Crippen LogP contribution is 2.31. The van der Waals surface area contributed by atoms with Crippen LogP contribution in [-0.2, 0) is 16.0 Å². The Labute approximate surface area is 135 Å². The molecule has 0 N–H and O–H groups in total. The Bertz CT molecular complexity index is 682. The van der Waals surface area contributed by atoms with Crippen LogP contribution in [-0.4, -0.2) is 47.7 Å². The van der Waals surface area contributed by atoms with E-state index in [1.54, 1.807) is 31.8 Å². The van der Waals surface area contributed by atoms with Crippen LogP contribution < -0.4 is 4.74 Å². The van der Waals surface area contributed by atoms with Gasteiger partial charge in [0.15, 0.2) is 5.65 Å². The van der Waals surface area contributed by atoms with Gasteiger partial charge in [0.25, 0.3) is 0 Å². The molecule has 0 bridgehead atoms. The van der Waals surface area contributed by atoms with Crippen molar-refractivity contribution in [1.82, 2.24) is 14.8 Å². The largest absolute Gasteiger partial charge is 0.492 e. The number of carbonyl (C=O) groups is 1. The molecule has 7 heteroatoms. The maximum atomic E-state index is 12.2. The molecule has 0 aliphatic carbocycles. The van der Waals surface area contributed by atoms with Gasteiger partial charge in [0.05, 0.1) is 30.5 Å². The maximum Gasteiger partial charge on any atom is 0.343 e. The van der Waals surface area contributed by atoms with Gasteiger partial charge in [-0.3, -0.25) is 0 Å². The Morgan fingerprint density at radius 3 is 2.74 bits per heavy atom. The first kappa shape index (κ1) is 17.2. The Morgan fingerprint density at radius 1 is 1.30 bits per heavy atom. The zero-order chi connectivity index (χ0) is 16.8. The fraction of sp³-hybridized carbons (Fsp3) is 0.562. The van der Waals surface area contributed by atoms with Crippen molar-refractivity contribution in [3.05, 3.63) is 17.5 Å². The van der Waals surface area contributed by atoms with Gasteiger partial charge in [-0.25, -0.2) is 14.5 Å². The first-order valence-electron chi connectivity index (χ1n) is 7.78. The third-order valence-electron chi connectivity index (χ3n) is 3.41. The van der Waals surface area contributed by atoms with Crippen molar-refractivity contribution < 1.29 is 19.0 Å². The number of hydrogen-bond donors (Lipinski definition) is 0. The zero-order valence-electron chi connectivity index (χ0n) is 14.1. The summed E-state index contributed by atoms with van der Waals surface area (Å²) in [4.78, 5) is 16.8. The van der Waals surface area contributed by atoms with Gasteiger partial charge >= 0.3 is 5.97 Å². The van der Waals surface area contributed by atoms with Crippen LogP contribution in [0.4, 0.5) is 0 Å². The fourth-order valence-electron chi connectivity index (χ4n) is 2.43. The van der Waals surface area contributed by atoms with E-state index in [1.165, 1.54) is 0 Å². The van der Waals surface area contributed by atoms with E-state index in [0.29, 0.717) is 49.0 Å². The Balaban J connectivity index is 2.50. The molecular formula is C16H23N3O4. The molecule has 2 heterocycles. The highest BCUT2D eigenvalue weighted by Gasteiger charge is 2.23. The van der Waals surface area contributed by atoms with Gasteiger partial charge in [0, 0.05) is 20.3 Å². The lowest BCUT2D eigenvalue weighted by Crippen LogP contribution is -2.12. The summed E-state index contributed by atoms with van der Waals surface area (Å²) in [6.07, 6.45) is 2.51. The minimum absolute atomic E-state index is 0.304. The van der Waals surface area contributed by atoms with Crippen LogP contribution >= 0.6 is 0 Å². The molecule has 7 nitrogen and oxygen atoms in total. The lowest BCUT2D eigenvalue weighted by atomic mass is 10.1. The number of nitrogens with zero attached hydrogens (tertiary/aromatic N) is 3. The predicted molar refractivity (Wildman–Crippen MR) is 85.9 cm³/mol. The second-order valence-corrected chi connectivity index (χ2v) is 5.01. The van der Waals surface area contributed by atoms with E-state index >= 15 is 0 Å². The van der Waals surface area contributed by atoms with Gasteiger partial charge in [0.2, 0.25) is 0 Å². The number of ether oxygens (including phenoxy) is 3. The van der Waals surface area contributed by atoms with Gasteiger partial charge in [-0.05, 0) is 27.2 Å². The Kier molecular flexibility index (Phi) is 5.92. The molecule has 0 aromatic carbocycles. The van der Waals surface area contributed by atoms with Crippen LogP contribution in [0.25, 0.3) is 11.0 Å². The van der Waals surface area contributed by atoms with E-state index in [0.717, 1.165) is 11.8 Å². The van der Waals surface area contributed by atoms with Gasteiger partial charge in [-0.2, -0.15) is 5.10 Å². The summed E-state index contributed by atoms with van der Waals surface area (Å²) in [5.41, 5.74) is 1.65. The van der Waals surface area contributed by atoms with E-state index in [2.05, 4.69) is 10.1 Å². The number of carbonyl (C=O) groups excluding carboxylic acids is 1. The third-order valence-corrected chi connectivity index (χ3v) is 3.41. The molecule has 23 heavy (non-hydrogen) atoms. The molecule has 0 aliphatic heterocycles. The van der Waals surface area contributed by atoms with Crippen LogP contribution in [0.15, 0.2) is 6.20 Å². The van der Waals surface area contributed by atoms with Gasteiger partial charge in [0.1, 0.15) is 11.3 Å². The maximum absolute atomic E-state index is 12.2. The first-order valence-corrected chi connectivity index (χ1v) is 7.78. The molecule has 2 rings (SSSR count). The summed E-state index contributed by atoms with van der Waals surface area (Å²) in [7, 11) is 1.67. The molecule has 126 valence electrons. The summed E-state index contributed by atoms with van der Waals surface area (Å²) in [6.45, 7) is 7.51. The van der Waals surface area contributed by atoms with Crippen molar-refractivity contribution in [2.75, 3.05) is 26.9 Å². The van der Waals surface area contributed by atoms with Gasteiger partial charge < -0.3 is 14.2 Å². The molecule has 0 unspecified atom stereocenters. The number of methoxy groups -OCH3 is 1. The van der Waals surface area contributed by atoms with Crippen LogP contribution in [0.2, 0.25) is 0 Å². The summed E-state index contributed by atoms with van der Waals surface area (Å²) in [6, 6.07) is 0. The minimum atomic E-state index is -0.421. The second kappa shape index (κ2) is 7.92. The summed E-state index contributed by atoms with van der Waals surface area (Å²) >= 11 is 0. The minimum Gasteiger partial charge on any atom is -0.492 e. The first-order chi connectivity index (χ1) is 11.1. The highest BCUT2D eigenvalue weighted by molar-refractivity contribution is 6.00. The van der Waals surface area contributed by atoms with Crippen molar-refractivity contribution >= 4 is 17.0 Å². The van der Waals surface area contributed by atoms with Crippen LogP contribution in [0.1, 0.15) is 36.3 Å². The molecule has 2 aromatic rings. The van der Waals surface area contributed by atoms with E-state index < -0.39 is 5.97 Å². The molecule has 0 saturated carbocycles. The normalized spacial score (nSPS) is 11.0. The zero-order valence-corrected chi connectivity index (χ0v) is 14.1. The predicted octanol–water partition coefficient (Wildman–Crippen LogP) is 2.35. The third kappa shape index (κ3) is 3.61. The molecule has 2 aromatic heterocycles. The smallest absolute Gasteiger partial charge is 0.343 e. The number of aromatic nitrogens is 3. The second-order valence-electron chi connectivity index (χ2n) is 5.01. The van der Waals surface area contributed by atoms with E-state index in [4.69, 9.17) is 14.2 Å². The summed E-state index contributed by atoms with van der Waals surface area (Å²) < 4.78 is 17.7. The van der Waals surface area contributed by atoms with E-state index in [1.807, 2.05) is 6.92 Å². The average molecular weight is 321 g/mol. The molecule has 0 saturated heterocycles. The summed E-state index contributed by atoms with van der Waals surface area (Å²) in [5, 5.41) is 5.08. The standard InChI is InChI=1S/C16H23N3O4/c1-5-22-14-12-10-17-19(8-7-9-21-4)15(12)18-11(3)13(14)16(20)23-6-2/h10H,5-9H2,1-4H3. The molecule has 0 fully saturated rings. The lowest BCUT2D eigenvalue weighted by molar-refractivity contribution is 0.0521. The monoisotopic (exact) mass is 321 g/mol. The quantitative estimate of drug-likeness (QED) is 0.549. The Morgan fingerprint density at radius 2 is 2.09 bits per heavy atom. The van der Waals surface area contributed by atoms with Crippen molar-refractivity contribution in [2.24, 2.45) is 0 Å². The molecule has 0 aliphatic rings. The van der Waals surface area contributed by atoms with Gasteiger partial charge in [-0.1, -0.05) is 0 Å². The number of hydrogen-bond acceptors (Lipinski definition) is 6. The lowest BCUT2D eigenvalue weighted by Gasteiger charge is -2.13. The van der Waals surface area contributed by atoms with Crippen LogP contribution in [0.3, 0.4) is 0 Å². The molecule has 0 spiro atoms. The van der Waals surface area contributed by atoms with Crippen molar-refractivity contribution in [3.8, 4) is 5.75 Å². The SMILES string of the molecule is CCOC(=O)c1c(C)nc2c(cnn2CCCOC)c1OCC. The van der Waals surface area contributed by atoms with Gasteiger partial charge in [-0.15, -0.1) is 0 Å². The summed E-state index contributed by atoms with van der Waals surface area (Å²) in [5.74, 6) is 0.0708. The highest BCUT2D eigenvalue weighted by atomic mass is 16.5. The fourth-order valence-corrected chi connectivity index (χ4v) is 2.43. The number of pyridine rings is 1. The topological polar surface area (TPSA) is 75.5 Å². The number of rotatable bonds is 8. The molecular weight excluding hydrogens is 298 g/mol. The van der Waals surface area contributed by atoms with Crippen molar-refractivity contribution in [1.29, 1.82) is 0 Å². The Hall–Kier alpha value is -2.15. The van der Waals surface area contributed by atoms with Crippen LogP contribution in [0, 0.1) is 6.92 Å². The van der Waals surface area contributed by atoms with Crippen molar-refractivity contribution in [3.63, 3.8) is 0 Å². The average Bonchev–Trinajstić information content (AvgIpc) is 2.91. The van der Waals surface area contributed by atoms with Crippen LogP contribution in [0.5, 0.6) is 5.75 Å². The molecule has 0 radical (unpaired) electrons. The number of aryl methyl sites for hydroxylation is 2. The van der Waals surface area contributed by atoms with E-state index in [9.17, 15) is 4.79 Å². The van der Waals surface area contributed by atoms with Crippen molar-refractivity contribution in [2.45, 2.75) is 33.7 Å². The molecule has 0 amide bonds. The molecule has 0 atom stereocenters.